The number of fused-ring (bicyclic) bond motifs is 8. The molecule has 10 aromatic carbocycles. The Morgan fingerprint density at radius 3 is 2.08 bits per heavy atom. The number of nitrogens with zero attached hydrogens (tertiary/aromatic N) is 3. The summed E-state index contributed by atoms with van der Waals surface area (Å²) >= 11 is 0. The molecule has 0 aliphatic carbocycles. The Morgan fingerprint density at radius 2 is 1.22 bits per heavy atom. The summed E-state index contributed by atoms with van der Waals surface area (Å²) in [4.78, 5) is 6.99. The predicted octanol–water partition coefficient (Wildman–Crippen LogP) is 15.2. The van der Waals surface area contributed by atoms with Gasteiger partial charge in [-0.15, -0.1) is 0 Å². The zero-order chi connectivity index (χ0) is 45.0. The molecule has 4 nitrogen and oxygen atoms in total. The summed E-state index contributed by atoms with van der Waals surface area (Å²) in [5.41, 5.74) is 8.19. The Labute approximate surface area is 350 Å². The average molecular weight is 761 g/mol. The van der Waals surface area contributed by atoms with Crippen LogP contribution in [-0.2, 0) is 0 Å². The molecule has 0 spiro atoms. The van der Waals surface area contributed by atoms with Gasteiger partial charge in [-0.05, 0) is 98.7 Å². The van der Waals surface area contributed by atoms with E-state index in [0.29, 0.717) is 16.8 Å². The zero-order valence-corrected chi connectivity index (χ0v) is 31.4. The lowest BCUT2D eigenvalue weighted by Crippen LogP contribution is -2.11. The van der Waals surface area contributed by atoms with Gasteiger partial charge in [0.1, 0.15) is 5.52 Å². The van der Waals surface area contributed by atoms with Gasteiger partial charge in [0.2, 0.25) is 5.89 Å². The fourth-order valence-electron chi connectivity index (χ4n) is 8.54. The highest BCUT2D eigenvalue weighted by atomic mass is 16.3. The predicted molar refractivity (Wildman–Crippen MR) is 246 cm³/mol. The minimum Gasteiger partial charge on any atom is -0.434 e. The minimum atomic E-state index is -0.528. The highest BCUT2D eigenvalue weighted by Crippen LogP contribution is 2.47. The molecule has 0 saturated carbocycles. The van der Waals surface area contributed by atoms with Crippen molar-refractivity contribution in [1.29, 1.82) is 0 Å². The maximum absolute atomic E-state index is 9.28. The maximum atomic E-state index is 9.28. The number of rotatable bonds is 6. The second-order valence-electron chi connectivity index (χ2n) is 14.6. The fourth-order valence-corrected chi connectivity index (χ4v) is 8.54. The Morgan fingerprint density at radius 1 is 0.492 bits per heavy atom. The molecule has 12 rings (SSSR count). The highest BCUT2D eigenvalue weighted by Gasteiger charge is 2.25. The quantitative estimate of drug-likeness (QED) is 0.169. The van der Waals surface area contributed by atoms with Crippen LogP contribution in [0.2, 0.25) is 0 Å². The van der Waals surface area contributed by atoms with E-state index in [0.717, 1.165) is 71.5 Å². The third-order valence-electron chi connectivity index (χ3n) is 11.2. The van der Waals surface area contributed by atoms with E-state index in [4.69, 9.17) is 17.6 Å². The third-order valence-corrected chi connectivity index (χ3v) is 11.2. The van der Waals surface area contributed by atoms with Crippen LogP contribution in [0.1, 0.15) is 9.60 Å². The lowest BCUT2D eigenvalue weighted by Gasteiger charge is -2.27. The Balaban J connectivity index is 1.15. The average Bonchev–Trinajstić information content (AvgIpc) is 3.94. The minimum absolute atomic E-state index is 0.105. The van der Waals surface area contributed by atoms with E-state index in [2.05, 4.69) is 137 Å². The van der Waals surface area contributed by atoms with Crippen LogP contribution in [0.3, 0.4) is 0 Å². The van der Waals surface area contributed by atoms with Gasteiger partial charge in [0, 0.05) is 33.1 Å². The van der Waals surface area contributed by atoms with Gasteiger partial charge in [0.25, 0.3) is 0 Å². The number of hydrogen-bond acceptors (Lipinski definition) is 3. The lowest BCUT2D eigenvalue weighted by atomic mass is 10.00. The molecule has 4 heteroatoms. The van der Waals surface area contributed by atoms with E-state index >= 15 is 0 Å². The van der Waals surface area contributed by atoms with Crippen LogP contribution in [0.15, 0.2) is 217 Å². The van der Waals surface area contributed by atoms with Gasteiger partial charge >= 0.3 is 0 Å². The number of aromatic nitrogens is 2. The van der Waals surface area contributed by atoms with Gasteiger partial charge < -0.3 is 13.9 Å². The summed E-state index contributed by atoms with van der Waals surface area (Å²) in [5, 5.41) is 6.20. The van der Waals surface area contributed by atoms with Crippen molar-refractivity contribution in [2.24, 2.45) is 0 Å². The van der Waals surface area contributed by atoms with Crippen molar-refractivity contribution < 1.29 is 14.0 Å². The maximum Gasteiger partial charge on any atom is 0.227 e. The highest BCUT2D eigenvalue weighted by molar-refractivity contribution is 6.25. The molecule has 0 saturated heterocycles. The van der Waals surface area contributed by atoms with Crippen LogP contribution in [0.5, 0.6) is 0 Å². The molecule has 0 atom stereocenters. The zero-order valence-electron chi connectivity index (χ0n) is 38.4. The molecule has 2 aromatic heterocycles. The monoisotopic (exact) mass is 760 g/mol. The lowest BCUT2D eigenvalue weighted by molar-refractivity contribution is 0.620. The first kappa shape index (κ1) is 26.8. The SMILES string of the molecule is [2H]c1c([2H])c([2H])c2c([2H])c(-c3nc4cccc(N(c5ccc(-c6ccccc6)cc5)c5cc6c(c7ccccc57)c5ccccc5n6-c5ccc6ccccc6c5)c4o3)c([2H])c([2H])c2c1[2H]. The van der Waals surface area contributed by atoms with Gasteiger partial charge in [-0.1, -0.05) is 152 Å². The molecule has 0 N–H and O–H groups in total. The number of oxazole rings is 1. The van der Waals surface area contributed by atoms with Gasteiger partial charge in [0.05, 0.1) is 32.0 Å². The van der Waals surface area contributed by atoms with Crippen LogP contribution < -0.4 is 4.90 Å². The molecular formula is C55H35N3O. The molecule has 59 heavy (non-hydrogen) atoms. The topological polar surface area (TPSA) is 34.2 Å². The van der Waals surface area contributed by atoms with Crippen LogP contribution in [-0.4, -0.2) is 9.55 Å². The van der Waals surface area contributed by atoms with Crippen LogP contribution in [0, 0.1) is 0 Å². The molecule has 0 radical (unpaired) electrons. The first-order valence-electron chi connectivity index (χ1n) is 23.0. The first-order chi connectivity index (χ1) is 32.2. The smallest absolute Gasteiger partial charge is 0.227 e. The Hall–Kier alpha value is -7.95. The number of anilines is 3. The Bertz CT molecular complexity index is 3980. The summed E-state index contributed by atoms with van der Waals surface area (Å²) in [6.07, 6.45) is 0. The normalized spacial score (nSPS) is 13.4. The largest absolute Gasteiger partial charge is 0.434 e. The molecule has 2 heterocycles. The van der Waals surface area contributed by atoms with Gasteiger partial charge in [0.15, 0.2) is 5.58 Å². The van der Waals surface area contributed by atoms with Crippen molar-refractivity contribution in [3.05, 3.63) is 212 Å². The van der Waals surface area contributed by atoms with E-state index in [1.807, 2.05) is 36.4 Å². The van der Waals surface area contributed by atoms with E-state index in [1.165, 1.54) is 0 Å². The Kier molecular flexibility index (Phi) is 6.06. The standard InChI is InChI=1S/C55H35N3O/c1-2-13-36(14-3-1)39-27-30-43(31-28-39)57(50-24-12-22-48-54(50)59-55(56-48)42-26-25-37-15-4-6-17-40(37)33-42)51-35-52-53(46-20-9-8-19-45(46)51)47-21-10-11-23-49(47)58(52)44-32-29-38-16-5-7-18-41(38)34-44/h1-35H/i4D,6D,15D,17D,25D,26D,33D. The van der Waals surface area contributed by atoms with Crippen LogP contribution in [0.25, 0.3) is 93.5 Å². The van der Waals surface area contributed by atoms with Gasteiger partial charge in [-0.25, -0.2) is 4.98 Å². The molecule has 12 aromatic rings. The third kappa shape index (κ3) is 5.42. The summed E-state index contributed by atoms with van der Waals surface area (Å²) in [6, 6.07) is 55.1. The molecule has 0 unspecified atom stereocenters. The molecule has 0 amide bonds. The van der Waals surface area contributed by atoms with Gasteiger partial charge in [-0.2, -0.15) is 0 Å². The molecule has 0 aliphatic rings. The molecule has 0 fully saturated rings. The summed E-state index contributed by atoms with van der Waals surface area (Å²) in [7, 11) is 0. The summed E-state index contributed by atoms with van der Waals surface area (Å²) in [5.74, 6) is -0.105. The number of benzene rings is 10. The molecular weight excluding hydrogens is 719 g/mol. The summed E-state index contributed by atoms with van der Waals surface area (Å²) < 4.78 is 70.1. The van der Waals surface area contributed by atoms with Crippen LogP contribution >= 0.6 is 0 Å². The van der Waals surface area contributed by atoms with E-state index in [9.17, 15) is 1.37 Å². The van der Waals surface area contributed by atoms with Crippen molar-refractivity contribution >= 4 is 82.3 Å². The first-order valence-corrected chi connectivity index (χ1v) is 19.5. The van der Waals surface area contributed by atoms with E-state index in [1.54, 1.807) is 6.07 Å². The van der Waals surface area contributed by atoms with Gasteiger partial charge in [-0.3, -0.25) is 0 Å². The summed E-state index contributed by atoms with van der Waals surface area (Å²) in [6.45, 7) is 0. The number of hydrogen-bond donors (Lipinski definition) is 0. The van der Waals surface area contributed by atoms with Crippen molar-refractivity contribution in [3.8, 4) is 28.3 Å². The van der Waals surface area contributed by atoms with Crippen molar-refractivity contribution in [2.45, 2.75) is 0 Å². The fraction of sp³-hybridized carbons (Fsp3) is 0. The van der Waals surface area contributed by atoms with Crippen LogP contribution in [0.4, 0.5) is 17.1 Å². The van der Waals surface area contributed by atoms with Crippen molar-refractivity contribution in [1.82, 2.24) is 9.55 Å². The van der Waals surface area contributed by atoms with E-state index in [-0.39, 0.29) is 28.3 Å². The van der Waals surface area contributed by atoms with Crippen molar-refractivity contribution in [3.63, 3.8) is 0 Å². The molecule has 276 valence electrons. The second-order valence-corrected chi connectivity index (χ2v) is 14.6. The van der Waals surface area contributed by atoms with Crippen molar-refractivity contribution in [2.75, 3.05) is 4.90 Å². The van der Waals surface area contributed by atoms with E-state index < -0.39 is 36.3 Å². The molecule has 0 aliphatic heterocycles. The number of para-hydroxylation sites is 2. The second kappa shape index (κ2) is 13.3. The molecule has 0 bridgehead atoms.